The van der Waals surface area contributed by atoms with Crippen LogP contribution in [0.1, 0.15) is 16.2 Å². The Morgan fingerprint density at radius 2 is 2.32 bits per heavy atom. The topological polar surface area (TPSA) is 85.8 Å². The summed E-state index contributed by atoms with van der Waals surface area (Å²) in [6, 6.07) is 1.51. The van der Waals surface area contributed by atoms with Crippen LogP contribution in [0, 0.1) is 0 Å². The first-order valence-corrected chi connectivity index (χ1v) is 6.11. The molecular weight excluding hydrogens is 266 g/mol. The summed E-state index contributed by atoms with van der Waals surface area (Å²) >= 11 is 5.85. The highest BCUT2D eigenvalue weighted by Gasteiger charge is 2.11. The Labute approximate surface area is 115 Å². The summed E-state index contributed by atoms with van der Waals surface area (Å²) in [4.78, 5) is 19.9. The number of hydrogen-bond acceptors (Lipinski definition) is 4. The van der Waals surface area contributed by atoms with Crippen LogP contribution >= 0.6 is 11.6 Å². The molecule has 2 rings (SSSR count). The van der Waals surface area contributed by atoms with E-state index in [-0.39, 0.29) is 16.6 Å². The number of nitrogens with one attached hydrogen (secondary N) is 1. The van der Waals surface area contributed by atoms with Crippen molar-refractivity contribution >= 4 is 23.2 Å². The molecule has 6 nitrogen and oxygen atoms in total. The van der Waals surface area contributed by atoms with Crippen molar-refractivity contribution in [3.05, 3.63) is 41.2 Å². The second-order valence-corrected chi connectivity index (χ2v) is 4.43. The normalized spacial score (nSPS) is 10.4. The zero-order valence-electron chi connectivity index (χ0n) is 10.4. The molecule has 0 spiro atoms. The highest BCUT2D eigenvalue weighted by atomic mass is 35.5. The lowest BCUT2D eigenvalue weighted by Gasteiger charge is -2.07. The molecule has 0 bridgehead atoms. The van der Waals surface area contributed by atoms with Gasteiger partial charge in [0, 0.05) is 32.4 Å². The van der Waals surface area contributed by atoms with Crippen LogP contribution in [-0.2, 0) is 13.5 Å². The number of amides is 1. The standard InChI is InChI=1S/C12H14ClN5O/c1-18-5-4-15-10(18)2-3-16-12(19)9-6-8(14)7-17-11(9)13/h4-7H,2-3,14H2,1H3,(H,16,19). The van der Waals surface area contributed by atoms with Gasteiger partial charge in [0.05, 0.1) is 17.4 Å². The van der Waals surface area contributed by atoms with E-state index in [1.165, 1.54) is 12.3 Å². The van der Waals surface area contributed by atoms with Gasteiger partial charge in [-0.3, -0.25) is 4.79 Å². The maximum Gasteiger partial charge on any atom is 0.254 e. The van der Waals surface area contributed by atoms with Crippen molar-refractivity contribution in [2.75, 3.05) is 12.3 Å². The lowest BCUT2D eigenvalue weighted by molar-refractivity contribution is 0.0953. The van der Waals surface area contributed by atoms with E-state index < -0.39 is 0 Å². The minimum Gasteiger partial charge on any atom is -0.397 e. The van der Waals surface area contributed by atoms with Gasteiger partial charge >= 0.3 is 0 Å². The number of carbonyl (C=O) groups excluding carboxylic acids is 1. The molecule has 0 aromatic carbocycles. The van der Waals surface area contributed by atoms with Crippen molar-refractivity contribution in [1.29, 1.82) is 0 Å². The lowest BCUT2D eigenvalue weighted by atomic mass is 10.2. The largest absolute Gasteiger partial charge is 0.397 e. The Hall–Kier alpha value is -2.08. The number of rotatable bonds is 4. The molecule has 100 valence electrons. The predicted octanol–water partition coefficient (Wildman–Crippen LogP) is 1.02. The number of imidazole rings is 1. The number of hydrogen-bond donors (Lipinski definition) is 2. The Morgan fingerprint density at radius 1 is 1.53 bits per heavy atom. The summed E-state index contributed by atoms with van der Waals surface area (Å²) in [5.74, 6) is 0.608. The average molecular weight is 280 g/mol. The monoisotopic (exact) mass is 279 g/mol. The quantitative estimate of drug-likeness (QED) is 0.818. The number of nitrogens with zero attached hydrogens (tertiary/aromatic N) is 3. The molecule has 0 unspecified atom stereocenters. The Kier molecular flexibility index (Phi) is 4.01. The van der Waals surface area contributed by atoms with Crippen LogP contribution in [0.3, 0.4) is 0 Å². The number of carbonyl (C=O) groups is 1. The summed E-state index contributed by atoms with van der Waals surface area (Å²) < 4.78 is 1.90. The summed E-state index contributed by atoms with van der Waals surface area (Å²) in [5, 5.41) is 2.90. The fraction of sp³-hybridized carbons (Fsp3) is 0.250. The minimum atomic E-state index is -0.293. The smallest absolute Gasteiger partial charge is 0.254 e. The van der Waals surface area contributed by atoms with Gasteiger partial charge in [0.2, 0.25) is 0 Å². The van der Waals surface area contributed by atoms with Gasteiger partial charge < -0.3 is 15.6 Å². The van der Waals surface area contributed by atoms with Crippen molar-refractivity contribution in [2.45, 2.75) is 6.42 Å². The van der Waals surface area contributed by atoms with Crippen LogP contribution < -0.4 is 11.1 Å². The van der Waals surface area contributed by atoms with Crippen LogP contribution in [0.25, 0.3) is 0 Å². The predicted molar refractivity (Wildman–Crippen MR) is 72.9 cm³/mol. The van der Waals surface area contributed by atoms with E-state index in [1.54, 1.807) is 6.20 Å². The number of nitrogen functional groups attached to an aromatic ring is 1. The first-order chi connectivity index (χ1) is 9.08. The maximum absolute atomic E-state index is 11.9. The van der Waals surface area contributed by atoms with Crippen LogP contribution in [0.4, 0.5) is 5.69 Å². The highest BCUT2D eigenvalue weighted by Crippen LogP contribution is 2.15. The fourth-order valence-electron chi connectivity index (χ4n) is 1.64. The van der Waals surface area contributed by atoms with E-state index in [1.807, 2.05) is 17.8 Å². The first-order valence-electron chi connectivity index (χ1n) is 5.73. The van der Waals surface area contributed by atoms with E-state index in [9.17, 15) is 4.79 Å². The van der Waals surface area contributed by atoms with Crippen LogP contribution in [0.5, 0.6) is 0 Å². The van der Waals surface area contributed by atoms with Gasteiger partial charge in [-0.2, -0.15) is 0 Å². The molecule has 0 aliphatic rings. The zero-order chi connectivity index (χ0) is 13.8. The molecule has 2 aromatic heterocycles. The number of aryl methyl sites for hydroxylation is 1. The zero-order valence-corrected chi connectivity index (χ0v) is 11.2. The van der Waals surface area contributed by atoms with Crippen molar-refractivity contribution in [2.24, 2.45) is 7.05 Å². The summed E-state index contributed by atoms with van der Waals surface area (Å²) in [6.07, 6.45) is 5.63. The molecule has 3 N–H and O–H groups in total. The summed E-state index contributed by atoms with van der Waals surface area (Å²) in [7, 11) is 1.91. The first kappa shape index (κ1) is 13.4. The lowest BCUT2D eigenvalue weighted by Crippen LogP contribution is -2.27. The van der Waals surface area contributed by atoms with Crippen LogP contribution in [0.15, 0.2) is 24.7 Å². The molecule has 2 heterocycles. The van der Waals surface area contributed by atoms with E-state index in [2.05, 4.69) is 15.3 Å². The molecule has 0 atom stereocenters. The van der Waals surface area contributed by atoms with E-state index in [0.29, 0.717) is 18.7 Å². The van der Waals surface area contributed by atoms with E-state index >= 15 is 0 Å². The van der Waals surface area contributed by atoms with Crippen molar-refractivity contribution < 1.29 is 4.79 Å². The van der Waals surface area contributed by atoms with Gasteiger partial charge in [0.25, 0.3) is 5.91 Å². The molecule has 19 heavy (non-hydrogen) atoms. The Morgan fingerprint density at radius 3 is 3.00 bits per heavy atom. The fourth-order valence-corrected chi connectivity index (χ4v) is 1.83. The molecule has 0 saturated heterocycles. The number of anilines is 1. The second kappa shape index (κ2) is 5.71. The third-order valence-electron chi connectivity index (χ3n) is 2.66. The molecule has 0 saturated carbocycles. The van der Waals surface area contributed by atoms with Crippen LogP contribution in [0.2, 0.25) is 5.15 Å². The van der Waals surface area contributed by atoms with Gasteiger partial charge in [-0.05, 0) is 6.07 Å². The molecule has 7 heteroatoms. The number of halogens is 1. The van der Waals surface area contributed by atoms with Crippen molar-refractivity contribution in [3.8, 4) is 0 Å². The molecule has 0 aliphatic heterocycles. The van der Waals surface area contributed by atoms with Gasteiger partial charge in [-0.15, -0.1) is 0 Å². The third kappa shape index (κ3) is 3.23. The van der Waals surface area contributed by atoms with Gasteiger partial charge in [-0.1, -0.05) is 11.6 Å². The van der Waals surface area contributed by atoms with Crippen molar-refractivity contribution in [1.82, 2.24) is 19.9 Å². The van der Waals surface area contributed by atoms with Crippen molar-refractivity contribution in [3.63, 3.8) is 0 Å². The number of aromatic nitrogens is 3. The highest BCUT2D eigenvalue weighted by molar-refractivity contribution is 6.32. The molecular formula is C12H14ClN5O. The molecule has 1 amide bonds. The second-order valence-electron chi connectivity index (χ2n) is 4.07. The molecule has 0 radical (unpaired) electrons. The van der Waals surface area contributed by atoms with E-state index in [0.717, 1.165) is 5.82 Å². The third-order valence-corrected chi connectivity index (χ3v) is 2.96. The molecule has 0 aliphatic carbocycles. The average Bonchev–Trinajstić information content (AvgIpc) is 2.78. The molecule has 2 aromatic rings. The SMILES string of the molecule is Cn1ccnc1CCNC(=O)c1cc(N)cnc1Cl. The number of nitrogens with two attached hydrogens (primary N) is 1. The maximum atomic E-state index is 11.9. The van der Waals surface area contributed by atoms with Gasteiger partial charge in [0.15, 0.2) is 0 Å². The summed E-state index contributed by atoms with van der Waals surface area (Å²) in [6.45, 7) is 0.467. The van der Waals surface area contributed by atoms with Gasteiger partial charge in [-0.25, -0.2) is 9.97 Å². The van der Waals surface area contributed by atoms with E-state index in [4.69, 9.17) is 17.3 Å². The Bertz CT molecular complexity index is 596. The van der Waals surface area contributed by atoms with Crippen LogP contribution in [-0.4, -0.2) is 27.0 Å². The Balaban J connectivity index is 1.94. The molecule has 0 fully saturated rings. The number of pyridine rings is 1. The van der Waals surface area contributed by atoms with Gasteiger partial charge in [0.1, 0.15) is 11.0 Å². The minimum absolute atomic E-state index is 0.142. The summed E-state index contributed by atoms with van der Waals surface area (Å²) in [5.41, 5.74) is 6.26.